The van der Waals surface area contributed by atoms with E-state index in [2.05, 4.69) is 10.3 Å². The molecule has 5 nitrogen and oxygen atoms in total. The Bertz CT molecular complexity index is 907. The van der Waals surface area contributed by atoms with Crippen LogP contribution in [-0.4, -0.2) is 29.5 Å². The number of hydrogen-bond acceptors (Lipinski definition) is 6. The van der Waals surface area contributed by atoms with E-state index < -0.39 is 12.1 Å². The fraction of sp³-hybridized carbons (Fsp3) is 0.286. The van der Waals surface area contributed by atoms with E-state index in [1.807, 2.05) is 59.5 Å². The van der Waals surface area contributed by atoms with Crippen molar-refractivity contribution < 1.29 is 14.3 Å². The largest absolute Gasteiger partial charge is 0.452 e. The topological polar surface area (TPSA) is 68.3 Å². The van der Waals surface area contributed by atoms with Crippen LogP contribution in [0.4, 0.5) is 0 Å². The average Bonchev–Trinajstić information content (AvgIpc) is 3.38. The van der Waals surface area contributed by atoms with Crippen LogP contribution >= 0.6 is 22.7 Å². The first-order valence-corrected chi connectivity index (χ1v) is 10.8. The number of ether oxygens (including phenoxy) is 1. The number of thiophene rings is 1. The van der Waals surface area contributed by atoms with Gasteiger partial charge >= 0.3 is 5.97 Å². The molecule has 0 bridgehead atoms. The zero-order valence-electron chi connectivity index (χ0n) is 15.8. The minimum Gasteiger partial charge on any atom is -0.452 e. The van der Waals surface area contributed by atoms with Crippen LogP contribution in [0.25, 0.3) is 10.6 Å². The molecule has 0 saturated heterocycles. The number of hydrogen-bond donors (Lipinski definition) is 1. The lowest BCUT2D eigenvalue weighted by Crippen LogP contribution is -2.37. The maximum atomic E-state index is 12.2. The molecule has 3 rings (SSSR count). The molecule has 2 aromatic heterocycles. The van der Waals surface area contributed by atoms with E-state index in [0.717, 1.165) is 16.1 Å². The van der Waals surface area contributed by atoms with Crippen LogP contribution < -0.4 is 5.32 Å². The molecule has 28 heavy (non-hydrogen) atoms. The summed E-state index contributed by atoms with van der Waals surface area (Å²) in [6.07, 6.45) is -0.788. The first-order chi connectivity index (χ1) is 13.5. The molecule has 0 unspecified atom stereocenters. The van der Waals surface area contributed by atoms with Crippen molar-refractivity contribution in [2.24, 2.45) is 0 Å². The van der Waals surface area contributed by atoms with Crippen LogP contribution in [-0.2, 0) is 20.7 Å². The summed E-state index contributed by atoms with van der Waals surface area (Å²) in [6.45, 7) is 4.11. The summed E-state index contributed by atoms with van der Waals surface area (Å²) in [6, 6.07) is 12.0. The third-order valence-corrected chi connectivity index (χ3v) is 5.90. The van der Waals surface area contributed by atoms with Gasteiger partial charge in [-0.1, -0.05) is 37.3 Å². The van der Waals surface area contributed by atoms with Crippen molar-refractivity contribution >= 4 is 34.6 Å². The van der Waals surface area contributed by atoms with Gasteiger partial charge in [-0.3, -0.25) is 9.59 Å². The number of aromatic nitrogens is 1. The second-order valence-corrected chi connectivity index (χ2v) is 8.16. The Hall–Kier alpha value is -2.51. The van der Waals surface area contributed by atoms with Gasteiger partial charge in [0, 0.05) is 22.9 Å². The molecule has 0 radical (unpaired) electrons. The Morgan fingerprint density at radius 2 is 1.93 bits per heavy atom. The quantitative estimate of drug-likeness (QED) is 0.559. The standard InChI is InChI=1S/C21H22N2O3S2/c1-14(16-6-4-3-5-7-16)11-22-20(25)15(2)26-19(24)10-18-13-28-21(23-18)17-8-9-27-12-17/h3-9,12-15H,10-11H2,1-2H3,(H,22,25)/t14-,15+/m0/s1. The molecule has 7 heteroatoms. The molecule has 146 valence electrons. The Morgan fingerprint density at radius 3 is 2.64 bits per heavy atom. The Balaban J connectivity index is 1.45. The highest BCUT2D eigenvalue weighted by Gasteiger charge is 2.19. The Labute approximate surface area is 172 Å². The summed E-state index contributed by atoms with van der Waals surface area (Å²) >= 11 is 3.10. The van der Waals surface area contributed by atoms with Gasteiger partial charge in [0.15, 0.2) is 6.10 Å². The number of thiazole rings is 1. The SMILES string of the molecule is C[C@@H](OC(=O)Cc1csc(-c2ccsc2)n1)C(=O)NC[C@H](C)c1ccccc1. The fourth-order valence-electron chi connectivity index (χ4n) is 2.64. The second kappa shape index (κ2) is 9.61. The van der Waals surface area contributed by atoms with Gasteiger partial charge in [-0.2, -0.15) is 11.3 Å². The molecule has 1 aromatic carbocycles. The number of esters is 1. The molecule has 0 fully saturated rings. The van der Waals surface area contributed by atoms with Gasteiger partial charge in [-0.15, -0.1) is 11.3 Å². The van der Waals surface area contributed by atoms with Crippen molar-refractivity contribution in [2.45, 2.75) is 32.3 Å². The van der Waals surface area contributed by atoms with E-state index in [1.54, 1.807) is 18.3 Å². The summed E-state index contributed by atoms with van der Waals surface area (Å²) in [7, 11) is 0. The van der Waals surface area contributed by atoms with Gasteiger partial charge in [-0.05, 0) is 29.9 Å². The van der Waals surface area contributed by atoms with E-state index in [-0.39, 0.29) is 18.2 Å². The molecule has 0 aliphatic rings. The molecule has 1 N–H and O–H groups in total. The average molecular weight is 415 g/mol. The van der Waals surface area contributed by atoms with Gasteiger partial charge < -0.3 is 10.1 Å². The van der Waals surface area contributed by atoms with Crippen molar-refractivity contribution in [3.05, 3.63) is 63.8 Å². The van der Waals surface area contributed by atoms with Crippen LogP contribution in [0.1, 0.15) is 31.0 Å². The van der Waals surface area contributed by atoms with Crippen LogP contribution in [0.5, 0.6) is 0 Å². The predicted molar refractivity (Wildman–Crippen MR) is 113 cm³/mol. The highest BCUT2D eigenvalue weighted by atomic mass is 32.1. The number of benzene rings is 1. The van der Waals surface area contributed by atoms with Gasteiger partial charge in [0.05, 0.1) is 12.1 Å². The first kappa shape index (κ1) is 20.2. The molecule has 2 atom stereocenters. The molecular weight excluding hydrogens is 392 g/mol. The highest BCUT2D eigenvalue weighted by Crippen LogP contribution is 2.25. The second-order valence-electron chi connectivity index (χ2n) is 6.52. The van der Waals surface area contributed by atoms with Crippen LogP contribution in [0.3, 0.4) is 0 Å². The third kappa shape index (κ3) is 5.50. The fourth-order valence-corrected chi connectivity index (χ4v) is 4.18. The number of nitrogens with one attached hydrogen (secondary N) is 1. The minimum atomic E-state index is -0.842. The Kier molecular flexibility index (Phi) is 6.95. The van der Waals surface area contributed by atoms with Crippen molar-refractivity contribution in [3.63, 3.8) is 0 Å². The van der Waals surface area contributed by atoms with Gasteiger partial charge in [0.1, 0.15) is 5.01 Å². The third-order valence-electron chi connectivity index (χ3n) is 4.27. The van der Waals surface area contributed by atoms with E-state index in [4.69, 9.17) is 4.74 Å². The van der Waals surface area contributed by atoms with Crippen LogP contribution in [0.15, 0.2) is 52.5 Å². The van der Waals surface area contributed by atoms with Crippen molar-refractivity contribution in [2.75, 3.05) is 6.54 Å². The number of nitrogens with zero attached hydrogens (tertiary/aromatic N) is 1. The first-order valence-electron chi connectivity index (χ1n) is 9.02. The van der Waals surface area contributed by atoms with Gasteiger partial charge in [0.2, 0.25) is 0 Å². The van der Waals surface area contributed by atoms with Crippen molar-refractivity contribution in [3.8, 4) is 10.6 Å². The van der Waals surface area contributed by atoms with E-state index in [0.29, 0.717) is 12.2 Å². The molecule has 3 aromatic rings. The van der Waals surface area contributed by atoms with Crippen molar-refractivity contribution in [1.82, 2.24) is 10.3 Å². The van der Waals surface area contributed by atoms with Crippen LogP contribution in [0.2, 0.25) is 0 Å². The molecule has 2 heterocycles. The molecule has 0 saturated carbocycles. The molecule has 1 amide bonds. The highest BCUT2D eigenvalue weighted by molar-refractivity contribution is 7.14. The summed E-state index contributed by atoms with van der Waals surface area (Å²) in [5.74, 6) is -0.576. The smallest absolute Gasteiger partial charge is 0.312 e. The van der Waals surface area contributed by atoms with Gasteiger partial charge in [0.25, 0.3) is 5.91 Å². The zero-order chi connectivity index (χ0) is 19.9. The number of carbonyl (C=O) groups excluding carboxylic acids is 2. The van der Waals surface area contributed by atoms with E-state index in [9.17, 15) is 9.59 Å². The lowest BCUT2D eigenvalue weighted by atomic mass is 10.0. The normalized spacial score (nSPS) is 12.9. The maximum absolute atomic E-state index is 12.2. The van der Waals surface area contributed by atoms with E-state index >= 15 is 0 Å². The van der Waals surface area contributed by atoms with Crippen molar-refractivity contribution in [1.29, 1.82) is 0 Å². The molecular formula is C21H22N2O3S2. The maximum Gasteiger partial charge on any atom is 0.312 e. The Morgan fingerprint density at radius 1 is 1.14 bits per heavy atom. The lowest BCUT2D eigenvalue weighted by Gasteiger charge is -2.16. The molecule has 0 spiro atoms. The minimum absolute atomic E-state index is 0.0542. The van der Waals surface area contributed by atoms with E-state index in [1.165, 1.54) is 11.3 Å². The predicted octanol–water partition coefficient (Wildman–Crippen LogP) is 4.27. The molecule has 0 aliphatic carbocycles. The number of rotatable bonds is 8. The number of carbonyl (C=O) groups is 2. The zero-order valence-corrected chi connectivity index (χ0v) is 17.4. The summed E-state index contributed by atoms with van der Waals surface area (Å²) in [4.78, 5) is 28.8. The lowest BCUT2D eigenvalue weighted by molar-refractivity contribution is -0.154. The summed E-state index contributed by atoms with van der Waals surface area (Å²) in [5, 5.41) is 9.58. The van der Waals surface area contributed by atoms with Crippen LogP contribution in [0, 0.1) is 0 Å². The van der Waals surface area contributed by atoms with Gasteiger partial charge in [-0.25, -0.2) is 4.98 Å². The summed E-state index contributed by atoms with van der Waals surface area (Å²) in [5.41, 5.74) is 2.86. The summed E-state index contributed by atoms with van der Waals surface area (Å²) < 4.78 is 5.27. The molecule has 0 aliphatic heterocycles. The monoisotopic (exact) mass is 414 g/mol. The number of amides is 1.